The molecule has 1 aromatic carbocycles. The number of fused-ring (bicyclic) bond motifs is 1. The van der Waals surface area contributed by atoms with Gasteiger partial charge in [-0.1, -0.05) is 0 Å². The number of nitrogens with two attached hydrogens (primary N) is 1. The molecule has 84 valence electrons. The molecule has 2 nitrogen and oxygen atoms in total. The molecule has 0 amide bonds. The number of aromatic nitrogens is 1. The van der Waals surface area contributed by atoms with E-state index in [1.54, 1.807) is 0 Å². The molecule has 0 atom stereocenters. The highest BCUT2D eigenvalue weighted by Gasteiger charge is 2.33. The van der Waals surface area contributed by atoms with E-state index < -0.39 is 17.6 Å². The summed E-state index contributed by atoms with van der Waals surface area (Å²) in [6.07, 6.45) is -3.50. The van der Waals surface area contributed by atoms with Gasteiger partial charge in [0.15, 0.2) is 0 Å². The summed E-state index contributed by atoms with van der Waals surface area (Å²) < 4.78 is 50.8. The third-order valence-corrected chi connectivity index (χ3v) is 2.13. The summed E-state index contributed by atoms with van der Waals surface area (Å²) in [5.74, 6) is -0.990. The highest BCUT2D eigenvalue weighted by atomic mass is 19.4. The number of hydrogen-bond acceptors (Lipinski definition) is 2. The lowest BCUT2D eigenvalue weighted by Gasteiger charge is -2.10. The summed E-state index contributed by atoms with van der Waals surface area (Å²) in [5.41, 5.74) is 4.26. The number of anilines is 1. The maximum atomic E-state index is 13.0. The van der Waals surface area contributed by atoms with Gasteiger partial charge in [-0.2, -0.15) is 13.2 Å². The van der Waals surface area contributed by atoms with Crippen LogP contribution in [0.4, 0.5) is 23.4 Å². The molecule has 2 N–H and O–H groups in total. The molecule has 0 aliphatic rings. The van der Waals surface area contributed by atoms with Gasteiger partial charge in [0.1, 0.15) is 11.6 Å². The molecule has 1 aromatic heterocycles. The van der Waals surface area contributed by atoms with Gasteiger partial charge in [-0.15, -0.1) is 0 Å². The van der Waals surface area contributed by atoms with E-state index in [4.69, 9.17) is 5.73 Å². The van der Waals surface area contributed by atoms with Crippen LogP contribution in [0.5, 0.6) is 0 Å². The number of halogens is 4. The monoisotopic (exact) mass is 230 g/mol. The summed E-state index contributed by atoms with van der Waals surface area (Å²) in [6.45, 7) is 0. The second-order valence-corrected chi connectivity index (χ2v) is 3.28. The van der Waals surface area contributed by atoms with Crippen molar-refractivity contribution in [3.8, 4) is 0 Å². The molecular weight excluding hydrogens is 224 g/mol. The maximum Gasteiger partial charge on any atom is 0.417 e. The molecule has 0 radical (unpaired) electrons. The molecule has 1 heterocycles. The largest absolute Gasteiger partial charge is 0.417 e. The Morgan fingerprint density at radius 3 is 2.44 bits per heavy atom. The molecule has 0 aliphatic heterocycles. The summed E-state index contributed by atoms with van der Waals surface area (Å²) in [7, 11) is 0. The Labute approximate surface area is 87.7 Å². The van der Waals surface area contributed by atoms with Crippen LogP contribution in [0.25, 0.3) is 10.8 Å². The van der Waals surface area contributed by atoms with Gasteiger partial charge in [0, 0.05) is 11.6 Å². The lowest BCUT2D eigenvalue weighted by Crippen LogP contribution is -2.07. The quantitative estimate of drug-likeness (QED) is 0.706. The Hall–Kier alpha value is -1.85. The topological polar surface area (TPSA) is 38.9 Å². The van der Waals surface area contributed by atoms with E-state index in [0.29, 0.717) is 6.07 Å². The van der Waals surface area contributed by atoms with Gasteiger partial charge < -0.3 is 5.73 Å². The summed E-state index contributed by atoms with van der Waals surface area (Å²) >= 11 is 0. The number of hydrogen-bond donors (Lipinski definition) is 1. The molecule has 0 fully saturated rings. The van der Waals surface area contributed by atoms with Crippen molar-refractivity contribution in [2.24, 2.45) is 0 Å². The third-order valence-electron chi connectivity index (χ3n) is 2.13. The Bertz CT molecular complexity index is 548. The lowest BCUT2D eigenvalue weighted by molar-refractivity contribution is -0.136. The second-order valence-electron chi connectivity index (χ2n) is 3.28. The summed E-state index contributed by atoms with van der Waals surface area (Å²) in [5, 5.41) is -0.0806. The lowest BCUT2D eigenvalue weighted by atomic mass is 10.1. The molecule has 16 heavy (non-hydrogen) atoms. The molecule has 6 heteroatoms. The van der Waals surface area contributed by atoms with Crippen LogP contribution < -0.4 is 5.73 Å². The van der Waals surface area contributed by atoms with E-state index >= 15 is 0 Å². The number of nitrogens with zero attached hydrogens (tertiary/aromatic N) is 1. The smallest absolute Gasteiger partial charge is 0.384 e. The zero-order chi connectivity index (χ0) is 11.9. The van der Waals surface area contributed by atoms with Crippen molar-refractivity contribution in [1.29, 1.82) is 0 Å². The first-order valence-corrected chi connectivity index (χ1v) is 4.30. The fourth-order valence-electron chi connectivity index (χ4n) is 1.47. The number of rotatable bonds is 0. The first kappa shape index (κ1) is 10.7. The molecule has 0 aliphatic carbocycles. The van der Waals surface area contributed by atoms with E-state index in [2.05, 4.69) is 4.98 Å². The minimum absolute atomic E-state index is 0.0374. The number of alkyl halides is 3. The van der Waals surface area contributed by atoms with Crippen LogP contribution in [0.1, 0.15) is 5.56 Å². The zero-order valence-corrected chi connectivity index (χ0v) is 7.85. The van der Waals surface area contributed by atoms with Crippen molar-refractivity contribution in [3.05, 3.63) is 35.8 Å². The Morgan fingerprint density at radius 2 is 1.81 bits per heavy atom. The number of benzene rings is 1. The molecular formula is C10H6F4N2. The summed E-state index contributed by atoms with van der Waals surface area (Å²) in [6, 6.07) is 2.51. The Balaban J connectivity index is 2.85. The second kappa shape index (κ2) is 3.33. The normalized spacial score (nSPS) is 12.0. The highest BCUT2D eigenvalue weighted by molar-refractivity contribution is 5.87. The van der Waals surface area contributed by atoms with Gasteiger partial charge >= 0.3 is 6.18 Å². The van der Waals surface area contributed by atoms with Crippen LogP contribution in [0.2, 0.25) is 0 Å². The summed E-state index contributed by atoms with van der Waals surface area (Å²) in [4.78, 5) is 3.62. The minimum Gasteiger partial charge on any atom is -0.384 e. The van der Waals surface area contributed by atoms with E-state index in [1.165, 1.54) is 0 Å². The molecule has 2 rings (SSSR count). The highest BCUT2D eigenvalue weighted by Crippen LogP contribution is 2.35. The van der Waals surface area contributed by atoms with Crippen molar-refractivity contribution in [2.75, 3.05) is 5.73 Å². The van der Waals surface area contributed by atoms with Gasteiger partial charge in [0.05, 0.1) is 5.56 Å². The molecule has 0 spiro atoms. The van der Waals surface area contributed by atoms with Gasteiger partial charge in [-0.25, -0.2) is 9.37 Å². The van der Waals surface area contributed by atoms with Crippen LogP contribution in [0.3, 0.4) is 0 Å². The van der Waals surface area contributed by atoms with E-state index in [9.17, 15) is 17.6 Å². The van der Waals surface area contributed by atoms with Crippen LogP contribution in [0.15, 0.2) is 24.4 Å². The van der Waals surface area contributed by atoms with Crippen molar-refractivity contribution < 1.29 is 17.6 Å². The SMILES string of the molecule is Nc1cc2c(C(F)(F)F)cc(F)cc2cn1. The third kappa shape index (κ3) is 1.78. The van der Waals surface area contributed by atoms with Crippen molar-refractivity contribution in [2.45, 2.75) is 6.18 Å². The molecule has 0 bridgehead atoms. The predicted octanol–water partition coefficient (Wildman–Crippen LogP) is 2.97. The fourth-order valence-corrected chi connectivity index (χ4v) is 1.47. The number of nitrogen functional groups attached to an aromatic ring is 1. The fraction of sp³-hybridized carbons (Fsp3) is 0.100. The minimum atomic E-state index is -4.62. The molecule has 0 saturated carbocycles. The van der Waals surface area contributed by atoms with Gasteiger partial charge in [-0.05, 0) is 23.6 Å². The standard InChI is InChI=1S/C10H6F4N2/c11-6-1-5-4-16-9(15)3-7(5)8(2-6)10(12,13)14/h1-4H,(H2,15,16). The molecule has 0 saturated heterocycles. The van der Waals surface area contributed by atoms with Crippen LogP contribution in [0, 0.1) is 5.82 Å². The zero-order valence-electron chi connectivity index (χ0n) is 7.85. The van der Waals surface area contributed by atoms with Crippen molar-refractivity contribution >= 4 is 16.6 Å². The van der Waals surface area contributed by atoms with E-state index in [0.717, 1.165) is 18.3 Å². The molecule has 2 aromatic rings. The first-order chi connectivity index (χ1) is 7.38. The van der Waals surface area contributed by atoms with Crippen molar-refractivity contribution in [1.82, 2.24) is 4.98 Å². The van der Waals surface area contributed by atoms with Gasteiger partial charge in [-0.3, -0.25) is 0 Å². The number of pyridine rings is 1. The first-order valence-electron chi connectivity index (χ1n) is 4.30. The van der Waals surface area contributed by atoms with Crippen LogP contribution in [-0.4, -0.2) is 4.98 Å². The van der Waals surface area contributed by atoms with Gasteiger partial charge in [0.2, 0.25) is 0 Å². The van der Waals surface area contributed by atoms with Crippen LogP contribution >= 0.6 is 0 Å². The molecule has 0 unspecified atom stereocenters. The average Bonchev–Trinajstić information content (AvgIpc) is 2.16. The van der Waals surface area contributed by atoms with E-state index in [-0.39, 0.29) is 16.6 Å². The van der Waals surface area contributed by atoms with Gasteiger partial charge in [0.25, 0.3) is 0 Å². The Kier molecular flexibility index (Phi) is 2.22. The average molecular weight is 230 g/mol. The van der Waals surface area contributed by atoms with Crippen molar-refractivity contribution in [3.63, 3.8) is 0 Å². The van der Waals surface area contributed by atoms with Crippen LogP contribution in [-0.2, 0) is 6.18 Å². The van der Waals surface area contributed by atoms with E-state index in [1.807, 2.05) is 0 Å². The Morgan fingerprint density at radius 1 is 1.12 bits per heavy atom. The maximum absolute atomic E-state index is 13.0. The predicted molar refractivity (Wildman–Crippen MR) is 51.1 cm³/mol.